The molecule has 2 aromatic rings. The van der Waals surface area contributed by atoms with Crippen molar-refractivity contribution in [1.82, 2.24) is 0 Å². The number of nitrogens with two attached hydrogens (primary N) is 1. The fourth-order valence-electron chi connectivity index (χ4n) is 1.98. The van der Waals surface area contributed by atoms with Gasteiger partial charge < -0.3 is 10.6 Å². The maximum absolute atomic E-state index is 12.2. The minimum Gasteiger partial charge on any atom is -0.360 e. The Kier molecular flexibility index (Phi) is 6.16. The Hall–Kier alpha value is -3.24. The SMILES string of the molecule is N#C/C(=C/Nc1ccc(S(N)(=O)=O)cc1)C(=O)Nc1cccc(S(=O)(=O)O)c1. The van der Waals surface area contributed by atoms with Gasteiger partial charge in [0.1, 0.15) is 11.6 Å². The highest BCUT2D eigenvalue weighted by molar-refractivity contribution is 7.89. The third-order valence-corrected chi connectivity index (χ3v) is 5.10. The molecule has 28 heavy (non-hydrogen) atoms. The van der Waals surface area contributed by atoms with Crippen LogP contribution in [0.4, 0.5) is 11.4 Å². The van der Waals surface area contributed by atoms with Crippen LogP contribution in [0.15, 0.2) is 70.1 Å². The van der Waals surface area contributed by atoms with Gasteiger partial charge in [0, 0.05) is 17.6 Å². The molecule has 2 rings (SSSR count). The molecule has 2 aromatic carbocycles. The number of hydrogen-bond acceptors (Lipinski definition) is 7. The van der Waals surface area contributed by atoms with Crippen LogP contribution < -0.4 is 15.8 Å². The number of nitriles is 1. The number of nitrogens with zero attached hydrogens (tertiary/aromatic N) is 1. The van der Waals surface area contributed by atoms with Crippen LogP contribution in [0.1, 0.15) is 0 Å². The number of anilines is 2. The Balaban J connectivity index is 2.14. The molecule has 1 amide bonds. The molecule has 0 radical (unpaired) electrons. The number of benzene rings is 2. The van der Waals surface area contributed by atoms with Crippen molar-refractivity contribution in [3.8, 4) is 6.07 Å². The van der Waals surface area contributed by atoms with Crippen molar-refractivity contribution in [3.63, 3.8) is 0 Å². The first-order chi connectivity index (χ1) is 13.0. The van der Waals surface area contributed by atoms with E-state index in [4.69, 9.17) is 15.0 Å². The average molecular weight is 422 g/mol. The van der Waals surface area contributed by atoms with Crippen molar-refractivity contribution in [3.05, 3.63) is 60.3 Å². The third kappa shape index (κ3) is 5.63. The molecule has 0 unspecified atom stereocenters. The summed E-state index contributed by atoms with van der Waals surface area (Å²) < 4.78 is 53.7. The van der Waals surface area contributed by atoms with Gasteiger partial charge in [0.15, 0.2) is 0 Å². The second kappa shape index (κ2) is 8.19. The summed E-state index contributed by atoms with van der Waals surface area (Å²) in [6.45, 7) is 0. The predicted octanol–water partition coefficient (Wildman–Crippen LogP) is 1.04. The highest BCUT2D eigenvalue weighted by Gasteiger charge is 2.13. The van der Waals surface area contributed by atoms with Gasteiger partial charge >= 0.3 is 0 Å². The Morgan fingerprint density at radius 1 is 1.04 bits per heavy atom. The second-order valence-corrected chi connectivity index (χ2v) is 8.32. The van der Waals surface area contributed by atoms with Gasteiger partial charge in [0.2, 0.25) is 10.0 Å². The van der Waals surface area contributed by atoms with Crippen LogP contribution in [0.5, 0.6) is 0 Å². The van der Waals surface area contributed by atoms with Crippen molar-refractivity contribution in [2.75, 3.05) is 10.6 Å². The molecule has 0 aliphatic rings. The average Bonchev–Trinajstić information content (AvgIpc) is 2.61. The molecule has 5 N–H and O–H groups in total. The summed E-state index contributed by atoms with van der Waals surface area (Å²) in [5, 5.41) is 19.1. The first kappa shape index (κ1) is 21.1. The van der Waals surface area contributed by atoms with Gasteiger partial charge in [-0.05, 0) is 42.5 Å². The van der Waals surface area contributed by atoms with Crippen LogP contribution >= 0.6 is 0 Å². The zero-order valence-electron chi connectivity index (χ0n) is 14.0. The van der Waals surface area contributed by atoms with Gasteiger partial charge in [0.25, 0.3) is 16.0 Å². The largest absolute Gasteiger partial charge is 0.360 e. The van der Waals surface area contributed by atoms with E-state index in [9.17, 15) is 21.6 Å². The molecular formula is C16H14N4O6S2. The highest BCUT2D eigenvalue weighted by Crippen LogP contribution is 2.16. The number of rotatable bonds is 6. The molecule has 0 heterocycles. The van der Waals surface area contributed by atoms with E-state index < -0.39 is 30.9 Å². The molecule has 0 atom stereocenters. The number of nitrogens with one attached hydrogen (secondary N) is 2. The van der Waals surface area contributed by atoms with Gasteiger partial charge in [0.05, 0.1) is 9.79 Å². The number of amides is 1. The summed E-state index contributed by atoms with van der Waals surface area (Å²) in [7, 11) is -8.28. The highest BCUT2D eigenvalue weighted by atomic mass is 32.2. The zero-order valence-corrected chi connectivity index (χ0v) is 15.7. The minimum absolute atomic E-state index is 0.0544. The Morgan fingerprint density at radius 3 is 2.21 bits per heavy atom. The lowest BCUT2D eigenvalue weighted by Crippen LogP contribution is -2.15. The van der Waals surface area contributed by atoms with Crippen LogP contribution in [0.3, 0.4) is 0 Å². The Bertz CT molecular complexity index is 1180. The van der Waals surface area contributed by atoms with Gasteiger partial charge in [-0.2, -0.15) is 13.7 Å². The maximum Gasteiger partial charge on any atom is 0.294 e. The molecule has 0 aromatic heterocycles. The number of sulfonamides is 1. The molecule has 0 saturated carbocycles. The molecule has 0 bridgehead atoms. The van der Waals surface area contributed by atoms with Crippen molar-refractivity contribution in [1.29, 1.82) is 5.26 Å². The number of primary sulfonamides is 1. The van der Waals surface area contributed by atoms with E-state index in [0.717, 1.165) is 18.3 Å². The molecule has 0 aliphatic carbocycles. The summed E-state index contributed by atoms with van der Waals surface area (Å²) in [6.07, 6.45) is 1.09. The molecule has 146 valence electrons. The fraction of sp³-hybridized carbons (Fsp3) is 0. The second-order valence-electron chi connectivity index (χ2n) is 5.34. The lowest BCUT2D eigenvalue weighted by Gasteiger charge is -2.07. The van der Waals surface area contributed by atoms with Crippen LogP contribution in [0, 0.1) is 11.3 Å². The van der Waals surface area contributed by atoms with Crippen LogP contribution in [0.2, 0.25) is 0 Å². The fourth-order valence-corrected chi connectivity index (χ4v) is 3.02. The quantitative estimate of drug-likeness (QED) is 0.303. The molecule has 0 aliphatic heterocycles. The summed E-state index contributed by atoms with van der Waals surface area (Å²) in [5.74, 6) is -0.830. The smallest absolute Gasteiger partial charge is 0.294 e. The molecular weight excluding hydrogens is 408 g/mol. The van der Waals surface area contributed by atoms with E-state index >= 15 is 0 Å². The summed E-state index contributed by atoms with van der Waals surface area (Å²) in [4.78, 5) is 11.6. The van der Waals surface area contributed by atoms with Gasteiger partial charge in [-0.25, -0.2) is 13.6 Å². The van der Waals surface area contributed by atoms with Gasteiger partial charge in [-0.1, -0.05) is 6.07 Å². The van der Waals surface area contributed by atoms with Gasteiger partial charge in [-0.15, -0.1) is 0 Å². The predicted molar refractivity (Wildman–Crippen MR) is 100 cm³/mol. The van der Waals surface area contributed by atoms with E-state index in [1.807, 2.05) is 0 Å². The van der Waals surface area contributed by atoms with Crippen molar-refractivity contribution in [2.45, 2.75) is 9.79 Å². The third-order valence-electron chi connectivity index (χ3n) is 3.32. The lowest BCUT2D eigenvalue weighted by molar-refractivity contribution is -0.112. The summed E-state index contributed by atoms with van der Waals surface area (Å²) in [5.41, 5.74) is 0.105. The normalized spacial score (nSPS) is 12.1. The Labute approximate surface area is 161 Å². The number of carbonyl (C=O) groups excluding carboxylic acids is 1. The first-order valence-electron chi connectivity index (χ1n) is 7.39. The van der Waals surface area contributed by atoms with Crippen LogP contribution in [-0.4, -0.2) is 27.3 Å². The first-order valence-corrected chi connectivity index (χ1v) is 10.4. The number of carbonyl (C=O) groups is 1. The van der Waals surface area contributed by atoms with Crippen molar-refractivity contribution >= 4 is 37.4 Å². The van der Waals surface area contributed by atoms with Crippen molar-refractivity contribution < 1.29 is 26.2 Å². The van der Waals surface area contributed by atoms with Gasteiger partial charge in [-0.3, -0.25) is 9.35 Å². The number of hydrogen-bond donors (Lipinski definition) is 4. The molecule has 0 saturated heterocycles. The van der Waals surface area contributed by atoms with E-state index in [0.29, 0.717) is 5.69 Å². The molecule has 0 spiro atoms. The van der Waals surface area contributed by atoms with Crippen molar-refractivity contribution in [2.24, 2.45) is 5.14 Å². The van der Waals surface area contributed by atoms with E-state index in [-0.39, 0.29) is 16.2 Å². The van der Waals surface area contributed by atoms with E-state index in [1.54, 1.807) is 6.07 Å². The zero-order chi connectivity index (χ0) is 20.9. The standard InChI is InChI=1S/C16H14N4O6S2/c17-9-11(10-19-12-4-6-14(7-5-12)27(18,22)23)16(21)20-13-2-1-3-15(8-13)28(24,25)26/h1-8,10,19H,(H,20,21)(H2,18,22,23)(H,24,25,26)/b11-10-. The molecule has 0 fully saturated rings. The summed E-state index contributed by atoms with van der Waals surface area (Å²) in [6, 6.07) is 11.8. The maximum atomic E-state index is 12.2. The topological polar surface area (TPSA) is 179 Å². The lowest BCUT2D eigenvalue weighted by atomic mass is 10.2. The summed E-state index contributed by atoms with van der Waals surface area (Å²) >= 11 is 0. The molecule has 10 nitrogen and oxygen atoms in total. The van der Waals surface area contributed by atoms with E-state index in [2.05, 4.69) is 10.6 Å². The monoisotopic (exact) mass is 422 g/mol. The minimum atomic E-state index is -4.44. The Morgan fingerprint density at radius 2 is 1.68 bits per heavy atom. The van der Waals surface area contributed by atoms with Crippen LogP contribution in [-0.2, 0) is 24.9 Å². The van der Waals surface area contributed by atoms with E-state index in [1.165, 1.54) is 36.4 Å². The van der Waals surface area contributed by atoms with Crippen LogP contribution in [0.25, 0.3) is 0 Å². The molecule has 12 heteroatoms.